The molecule has 0 saturated carbocycles. The van der Waals surface area contributed by atoms with Gasteiger partial charge < -0.3 is 4.74 Å². The van der Waals surface area contributed by atoms with Crippen molar-refractivity contribution in [3.8, 4) is 11.5 Å². The molecule has 0 saturated heterocycles. The molecule has 2 aromatic rings. The van der Waals surface area contributed by atoms with Crippen LogP contribution in [0.5, 0.6) is 11.5 Å². The Kier molecular flexibility index (Phi) is 2.78. The highest BCUT2D eigenvalue weighted by atomic mass is 32.2. The van der Waals surface area contributed by atoms with Crippen LogP contribution in [0.25, 0.3) is 0 Å². The van der Waals surface area contributed by atoms with Gasteiger partial charge >= 0.3 is 0 Å². The number of fused-ring (bicyclic) bond motifs is 2. The summed E-state index contributed by atoms with van der Waals surface area (Å²) in [6.45, 7) is 0. The molecule has 0 unspecified atom stereocenters. The van der Waals surface area contributed by atoms with Gasteiger partial charge in [-0.25, -0.2) is 8.42 Å². The number of ether oxygens (including phenoxy) is 1. The zero-order chi connectivity index (χ0) is 13.5. The van der Waals surface area contributed by atoms with Gasteiger partial charge in [0.05, 0.1) is 10.6 Å². The van der Waals surface area contributed by atoms with E-state index in [-0.39, 0.29) is 4.90 Å². The maximum atomic E-state index is 11.6. The normalized spacial score (nSPS) is 13.9. The first kappa shape index (κ1) is 12.2. The Morgan fingerprint density at radius 1 is 1.16 bits per heavy atom. The average molecular weight is 275 g/mol. The van der Waals surface area contributed by atoms with Gasteiger partial charge in [-0.3, -0.25) is 4.98 Å². The number of hydrogen-bond acceptors (Lipinski definition) is 4. The highest BCUT2D eigenvalue weighted by Gasteiger charge is 2.18. The van der Waals surface area contributed by atoms with E-state index in [1.807, 2.05) is 24.3 Å². The number of pyridine rings is 1. The molecule has 1 aromatic heterocycles. The Hall–Kier alpha value is -1.88. The van der Waals surface area contributed by atoms with E-state index in [1.165, 1.54) is 12.5 Å². The van der Waals surface area contributed by atoms with Crippen LogP contribution < -0.4 is 4.74 Å². The van der Waals surface area contributed by atoms with Gasteiger partial charge in [-0.2, -0.15) is 0 Å². The quantitative estimate of drug-likeness (QED) is 0.801. The van der Waals surface area contributed by atoms with E-state index >= 15 is 0 Å². The molecule has 98 valence electrons. The van der Waals surface area contributed by atoms with Crippen molar-refractivity contribution >= 4 is 9.84 Å². The number of hydrogen-bond donors (Lipinski definition) is 0. The summed E-state index contributed by atoms with van der Waals surface area (Å²) in [4.78, 5) is 4.41. The third-order valence-electron chi connectivity index (χ3n) is 3.16. The molecule has 0 N–H and O–H groups in total. The van der Waals surface area contributed by atoms with Crippen molar-refractivity contribution in [2.24, 2.45) is 0 Å². The van der Waals surface area contributed by atoms with Crippen molar-refractivity contribution in [1.82, 2.24) is 4.98 Å². The van der Waals surface area contributed by atoms with Crippen LogP contribution in [-0.2, 0) is 22.7 Å². The van der Waals surface area contributed by atoms with Crippen molar-refractivity contribution in [2.75, 3.05) is 6.26 Å². The third kappa shape index (κ3) is 2.33. The van der Waals surface area contributed by atoms with Crippen LogP contribution in [0.4, 0.5) is 0 Å². The number of para-hydroxylation sites is 1. The third-order valence-corrected chi connectivity index (χ3v) is 4.24. The van der Waals surface area contributed by atoms with Gasteiger partial charge in [0.1, 0.15) is 11.5 Å². The predicted octanol–water partition coefficient (Wildman–Crippen LogP) is 2.38. The molecule has 0 fully saturated rings. The molecular formula is C14H13NO3S. The molecule has 0 aliphatic carbocycles. The van der Waals surface area contributed by atoms with Gasteiger partial charge in [0, 0.05) is 18.5 Å². The van der Waals surface area contributed by atoms with Crippen LogP contribution in [-0.4, -0.2) is 19.7 Å². The van der Waals surface area contributed by atoms with Gasteiger partial charge in [-0.1, -0.05) is 18.2 Å². The van der Waals surface area contributed by atoms with E-state index in [4.69, 9.17) is 4.74 Å². The van der Waals surface area contributed by atoms with Gasteiger partial charge in [-0.05, 0) is 24.5 Å². The summed E-state index contributed by atoms with van der Waals surface area (Å²) in [6.07, 6.45) is 4.15. The van der Waals surface area contributed by atoms with Gasteiger partial charge in [-0.15, -0.1) is 0 Å². The number of benzene rings is 1. The molecule has 5 heteroatoms. The van der Waals surface area contributed by atoms with E-state index < -0.39 is 9.84 Å². The molecule has 0 atom stereocenters. The summed E-state index contributed by atoms with van der Waals surface area (Å²) in [5.74, 6) is 1.31. The highest BCUT2D eigenvalue weighted by molar-refractivity contribution is 7.90. The van der Waals surface area contributed by atoms with E-state index in [0.717, 1.165) is 29.8 Å². The van der Waals surface area contributed by atoms with Crippen molar-refractivity contribution in [2.45, 2.75) is 17.7 Å². The monoisotopic (exact) mass is 275 g/mol. The molecule has 0 bridgehead atoms. The first-order valence-corrected chi connectivity index (χ1v) is 7.88. The SMILES string of the molecule is CS(=O)(=O)c1cnc2c(c1)Oc1ccccc1CC2. The molecule has 0 spiro atoms. The molecule has 19 heavy (non-hydrogen) atoms. The molecule has 1 aliphatic rings. The molecule has 4 nitrogen and oxygen atoms in total. The van der Waals surface area contributed by atoms with Crippen LogP contribution in [0.15, 0.2) is 41.4 Å². The molecule has 3 rings (SSSR count). The maximum Gasteiger partial charge on any atom is 0.177 e. The van der Waals surface area contributed by atoms with Crippen LogP contribution >= 0.6 is 0 Å². The minimum atomic E-state index is -3.27. The van der Waals surface area contributed by atoms with E-state index in [2.05, 4.69) is 4.98 Å². The first-order chi connectivity index (χ1) is 9.04. The summed E-state index contributed by atoms with van der Waals surface area (Å²) in [5.41, 5.74) is 1.91. The highest BCUT2D eigenvalue weighted by Crippen LogP contribution is 2.33. The van der Waals surface area contributed by atoms with Crippen LogP contribution in [0.3, 0.4) is 0 Å². The van der Waals surface area contributed by atoms with E-state index in [1.54, 1.807) is 6.07 Å². The number of aryl methyl sites for hydroxylation is 2. The van der Waals surface area contributed by atoms with Crippen LogP contribution in [0.1, 0.15) is 11.3 Å². The Morgan fingerprint density at radius 2 is 1.95 bits per heavy atom. The molecule has 1 aliphatic heterocycles. The van der Waals surface area contributed by atoms with Crippen molar-refractivity contribution in [1.29, 1.82) is 0 Å². The summed E-state index contributed by atoms with van der Waals surface area (Å²) in [7, 11) is -3.27. The lowest BCUT2D eigenvalue weighted by atomic mass is 10.1. The lowest BCUT2D eigenvalue weighted by Gasteiger charge is -2.09. The molecule has 1 aromatic carbocycles. The second-order valence-electron chi connectivity index (χ2n) is 4.60. The van der Waals surface area contributed by atoms with E-state index in [9.17, 15) is 8.42 Å². The summed E-state index contributed by atoms with van der Waals surface area (Å²) in [6, 6.07) is 9.32. The smallest absolute Gasteiger partial charge is 0.177 e. The summed E-state index contributed by atoms with van der Waals surface area (Å²) >= 11 is 0. The zero-order valence-corrected chi connectivity index (χ0v) is 11.3. The molecule has 2 heterocycles. The Morgan fingerprint density at radius 3 is 2.74 bits per heavy atom. The zero-order valence-electron chi connectivity index (χ0n) is 10.5. The standard InChI is InChI=1S/C14H13NO3S/c1-19(16,17)11-8-14-12(15-9-11)7-6-10-4-2-3-5-13(10)18-14/h2-5,8-9H,6-7H2,1H3. The van der Waals surface area contributed by atoms with Crippen molar-refractivity contribution < 1.29 is 13.2 Å². The summed E-state index contributed by atoms with van der Waals surface area (Å²) in [5, 5.41) is 0. The number of nitrogens with zero attached hydrogens (tertiary/aromatic N) is 1. The van der Waals surface area contributed by atoms with Gasteiger partial charge in [0.25, 0.3) is 0 Å². The van der Waals surface area contributed by atoms with Crippen LogP contribution in [0, 0.1) is 0 Å². The summed E-state index contributed by atoms with van der Waals surface area (Å²) < 4.78 is 28.9. The largest absolute Gasteiger partial charge is 0.455 e. The number of aromatic nitrogens is 1. The van der Waals surface area contributed by atoms with Gasteiger partial charge in [0.15, 0.2) is 9.84 Å². The second kappa shape index (κ2) is 4.35. The second-order valence-corrected chi connectivity index (χ2v) is 6.61. The topological polar surface area (TPSA) is 56.3 Å². The number of rotatable bonds is 1. The average Bonchev–Trinajstić information content (AvgIpc) is 2.55. The maximum absolute atomic E-state index is 11.6. The lowest BCUT2D eigenvalue weighted by Crippen LogP contribution is -2.01. The fraction of sp³-hybridized carbons (Fsp3) is 0.214. The minimum absolute atomic E-state index is 0.186. The molecule has 0 amide bonds. The number of sulfone groups is 1. The van der Waals surface area contributed by atoms with Crippen molar-refractivity contribution in [3.05, 3.63) is 47.8 Å². The fourth-order valence-electron chi connectivity index (χ4n) is 2.12. The molecule has 0 radical (unpaired) electrons. The van der Waals surface area contributed by atoms with Gasteiger partial charge in [0.2, 0.25) is 0 Å². The Labute approximate surface area is 112 Å². The van der Waals surface area contributed by atoms with Crippen molar-refractivity contribution in [3.63, 3.8) is 0 Å². The lowest BCUT2D eigenvalue weighted by molar-refractivity contribution is 0.474. The van der Waals surface area contributed by atoms with Crippen LogP contribution in [0.2, 0.25) is 0 Å². The minimum Gasteiger partial charge on any atom is -0.455 e. The van der Waals surface area contributed by atoms with E-state index in [0.29, 0.717) is 5.75 Å². The Balaban J connectivity index is 2.10. The predicted molar refractivity (Wildman–Crippen MR) is 71.3 cm³/mol. The Bertz CT molecular complexity index is 738. The first-order valence-electron chi connectivity index (χ1n) is 5.99. The molecular weight excluding hydrogens is 262 g/mol. The fourth-order valence-corrected chi connectivity index (χ4v) is 2.68.